The topological polar surface area (TPSA) is 17.1 Å². The van der Waals surface area contributed by atoms with Crippen LogP contribution < -0.4 is 0 Å². The van der Waals surface area contributed by atoms with Crippen LogP contribution in [-0.4, -0.2) is 5.78 Å². The van der Waals surface area contributed by atoms with Crippen LogP contribution in [0.15, 0.2) is 12.1 Å². The van der Waals surface area contributed by atoms with Crippen molar-refractivity contribution in [3.05, 3.63) is 23.3 Å². The summed E-state index contributed by atoms with van der Waals surface area (Å²) in [7, 11) is 0. The minimum atomic E-state index is 0.167. The molecule has 0 unspecified atom stereocenters. The van der Waals surface area contributed by atoms with Crippen molar-refractivity contribution in [2.24, 2.45) is 0 Å². The summed E-state index contributed by atoms with van der Waals surface area (Å²) in [5, 5.41) is 0. The summed E-state index contributed by atoms with van der Waals surface area (Å²) in [5.74, 6) is 0.167. The lowest BCUT2D eigenvalue weighted by Gasteiger charge is -1.83. The lowest BCUT2D eigenvalue weighted by atomic mass is 10.2. The van der Waals surface area contributed by atoms with Crippen LogP contribution >= 0.6 is 0 Å². The summed E-state index contributed by atoms with van der Waals surface area (Å²) < 4.78 is 0. The molecule has 0 fully saturated rings. The minimum Gasteiger partial charge on any atom is -0.300 e. The Morgan fingerprint density at radius 2 is 1.67 bits per heavy atom. The van der Waals surface area contributed by atoms with E-state index < -0.39 is 0 Å². The molecule has 12 heavy (non-hydrogen) atoms. The van der Waals surface area contributed by atoms with Crippen LogP contribution in [0.5, 0.6) is 0 Å². The largest absolute Gasteiger partial charge is 0.300 e. The first kappa shape index (κ1) is 8.98. The molecule has 2 aliphatic rings. The van der Waals surface area contributed by atoms with E-state index in [9.17, 15) is 4.79 Å². The molecule has 0 aromatic carbocycles. The zero-order chi connectivity index (χ0) is 9.30. The summed E-state index contributed by atoms with van der Waals surface area (Å²) in [5.41, 5.74) is 5.86. The van der Waals surface area contributed by atoms with Gasteiger partial charge in [0.25, 0.3) is 0 Å². The molecular formula is C11H14O. The number of aryl methyl sites for hydroxylation is 1. The third-order valence-corrected chi connectivity index (χ3v) is 1.90. The Morgan fingerprint density at radius 3 is 1.83 bits per heavy atom. The van der Waals surface area contributed by atoms with Gasteiger partial charge in [0.1, 0.15) is 5.78 Å². The lowest BCUT2D eigenvalue weighted by Crippen LogP contribution is -1.69. The maximum Gasteiger partial charge on any atom is 0.126 e. The van der Waals surface area contributed by atoms with E-state index in [2.05, 4.69) is 26.0 Å². The number of carbonyl (C=O) groups excluding carboxylic acids is 1. The fourth-order valence-electron chi connectivity index (χ4n) is 1.12. The zero-order valence-electron chi connectivity index (χ0n) is 8.06. The molecule has 2 aliphatic carbocycles. The van der Waals surface area contributed by atoms with Gasteiger partial charge in [-0.05, 0) is 56.0 Å². The number of fused-ring (bicyclic) bond motifs is 1. The molecule has 0 amide bonds. The van der Waals surface area contributed by atoms with E-state index in [0.717, 1.165) is 0 Å². The fraction of sp³-hybridized carbons (Fsp3) is 0.364. The number of ketones is 1. The molecule has 0 aliphatic heterocycles. The minimum absolute atomic E-state index is 0.167. The molecule has 0 aromatic rings. The number of Topliss-reactive ketones (excluding diaryl/α,β-unsaturated/α-hetero) is 1. The first-order valence-electron chi connectivity index (χ1n) is 4.11. The maximum atomic E-state index is 9.44. The second-order valence-corrected chi connectivity index (χ2v) is 3.37. The monoisotopic (exact) mass is 162 g/mol. The highest BCUT2D eigenvalue weighted by Gasteiger charge is 2.16. The standard InChI is InChI=1S/C8H8.C3H6O/c1-5-3-7-4-8(7)6(5)2;1-3(2)4/h3-4H,1-2H3;1-2H3. The van der Waals surface area contributed by atoms with E-state index in [1.165, 1.54) is 36.1 Å². The molecule has 0 saturated carbocycles. The average molecular weight is 162 g/mol. The molecule has 2 rings (SSSR count). The van der Waals surface area contributed by atoms with Gasteiger partial charge in [0.2, 0.25) is 0 Å². The highest BCUT2D eigenvalue weighted by atomic mass is 16.1. The predicted molar refractivity (Wildman–Crippen MR) is 51.3 cm³/mol. The van der Waals surface area contributed by atoms with Gasteiger partial charge >= 0.3 is 0 Å². The van der Waals surface area contributed by atoms with Crippen LogP contribution in [0.2, 0.25) is 0 Å². The first-order valence-corrected chi connectivity index (χ1v) is 4.11. The molecule has 0 saturated heterocycles. The van der Waals surface area contributed by atoms with Crippen molar-refractivity contribution in [2.45, 2.75) is 27.7 Å². The molecule has 0 atom stereocenters. The van der Waals surface area contributed by atoms with E-state index in [-0.39, 0.29) is 5.78 Å². The van der Waals surface area contributed by atoms with Crippen LogP contribution in [0.3, 0.4) is 0 Å². The molecule has 0 aromatic heterocycles. The Bertz CT molecular complexity index is 320. The zero-order valence-corrected chi connectivity index (χ0v) is 8.06. The van der Waals surface area contributed by atoms with Crippen LogP contribution in [-0.2, 0) is 4.79 Å². The van der Waals surface area contributed by atoms with Crippen LogP contribution in [0.25, 0.3) is 11.1 Å². The van der Waals surface area contributed by atoms with Gasteiger partial charge in [-0.3, -0.25) is 0 Å². The van der Waals surface area contributed by atoms with Crippen molar-refractivity contribution in [1.29, 1.82) is 0 Å². The molecule has 1 heteroatoms. The lowest BCUT2D eigenvalue weighted by molar-refractivity contribution is -0.114. The van der Waals surface area contributed by atoms with E-state index in [1.54, 1.807) is 0 Å². The number of carbonyl (C=O) groups is 1. The molecular weight excluding hydrogens is 148 g/mol. The highest BCUT2D eigenvalue weighted by molar-refractivity contribution is 5.86. The van der Waals surface area contributed by atoms with E-state index in [1.807, 2.05) is 0 Å². The summed E-state index contributed by atoms with van der Waals surface area (Å²) in [4.78, 5) is 9.44. The molecule has 1 nitrogen and oxygen atoms in total. The molecule has 0 heterocycles. The van der Waals surface area contributed by atoms with E-state index in [4.69, 9.17) is 0 Å². The molecule has 0 N–H and O–H groups in total. The van der Waals surface area contributed by atoms with Crippen molar-refractivity contribution < 1.29 is 4.79 Å². The normalized spacial score (nSPS) is 10.0. The van der Waals surface area contributed by atoms with Crippen molar-refractivity contribution in [2.75, 3.05) is 0 Å². The fourth-order valence-corrected chi connectivity index (χ4v) is 1.12. The van der Waals surface area contributed by atoms with E-state index in [0.29, 0.717) is 0 Å². The summed E-state index contributed by atoms with van der Waals surface area (Å²) >= 11 is 0. The third-order valence-electron chi connectivity index (χ3n) is 1.90. The van der Waals surface area contributed by atoms with Crippen molar-refractivity contribution >= 4 is 5.78 Å². The van der Waals surface area contributed by atoms with Crippen molar-refractivity contribution in [3.8, 4) is 11.1 Å². The third kappa shape index (κ3) is 1.94. The molecule has 0 spiro atoms. The van der Waals surface area contributed by atoms with E-state index >= 15 is 0 Å². The van der Waals surface area contributed by atoms with Gasteiger partial charge in [0.15, 0.2) is 0 Å². The van der Waals surface area contributed by atoms with Gasteiger partial charge in [-0.25, -0.2) is 0 Å². The second kappa shape index (κ2) is 3.10. The Hall–Kier alpha value is -1.11. The summed E-state index contributed by atoms with van der Waals surface area (Å²) in [6, 6.07) is 4.47. The Balaban J connectivity index is 0.000000157. The molecule has 0 radical (unpaired) electrons. The second-order valence-electron chi connectivity index (χ2n) is 3.37. The van der Waals surface area contributed by atoms with Gasteiger partial charge in [0.05, 0.1) is 0 Å². The Kier molecular flexibility index (Phi) is 2.32. The van der Waals surface area contributed by atoms with Gasteiger partial charge < -0.3 is 4.79 Å². The van der Waals surface area contributed by atoms with Crippen LogP contribution in [0.4, 0.5) is 0 Å². The SMILES string of the molecule is CC(C)=O.Cc1cc2cc-2c1C. The molecule has 64 valence electrons. The predicted octanol–water partition coefficient (Wildman–Crippen LogP) is 2.88. The first-order chi connectivity index (χ1) is 5.52. The number of benzene rings is 1. The molecule has 0 bridgehead atoms. The van der Waals surface area contributed by atoms with Gasteiger partial charge in [-0.15, -0.1) is 0 Å². The number of hydrogen-bond acceptors (Lipinski definition) is 1. The Labute approximate surface area is 73.4 Å². The van der Waals surface area contributed by atoms with Gasteiger partial charge in [-0.2, -0.15) is 0 Å². The maximum absolute atomic E-state index is 9.44. The quantitative estimate of drug-likeness (QED) is 0.582. The van der Waals surface area contributed by atoms with Crippen molar-refractivity contribution in [1.82, 2.24) is 0 Å². The van der Waals surface area contributed by atoms with Gasteiger partial charge in [0, 0.05) is 0 Å². The van der Waals surface area contributed by atoms with Gasteiger partial charge in [-0.1, -0.05) is 6.07 Å². The average Bonchev–Trinajstić information content (AvgIpc) is 2.59. The summed E-state index contributed by atoms with van der Waals surface area (Å²) in [6.07, 6.45) is 0. The van der Waals surface area contributed by atoms with Crippen LogP contribution in [0, 0.1) is 13.8 Å². The Morgan fingerprint density at radius 1 is 1.17 bits per heavy atom. The summed E-state index contributed by atoms with van der Waals surface area (Å²) in [6.45, 7) is 7.40. The number of hydrogen-bond donors (Lipinski definition) is 0. The highest BCUT2D eigenvalue weighted by Crippen LogP contribution is 2.40. The van der Waals surface area contributed by atoms with Crippen LogP contribution in [0.1, 0.15) is 25.0 Å². The smallest absolute Gasteiger partial charge is 0.126 e. The van der Waals surface area contributed by atoms with Crippen molar-refractivity contribution in [3.63, 3.8) is 0 Å². The number of rotatable bonds is 0.